The number of unbranched alkanes of at least 4 members (excludes halogenated alkanes) is 2. The number of nitrogens with zero attached hydrogens (tertiary/aromatic N) is 1. The Labute approximate surface area is 133 Å². The van der Waals surface area contributed by atoms with E-state index in [-0.39, 0.29) is 0 Å². The first-order chi connectivity index (χ1) is 10.8. The summed E-state index contributed by atoms with van der Waals surface area (Å²) in [6.07, 6.45) is 6.46. The Morgan fingerprint density at radius 1 is 0.864 bits per heavy atom. The van der Waals surface area contributed by atoms with Crippen LogP contribution in [0.4, 0.5) is 0 Å². The van der Waals surface area contributed by atoms with E-state index in [1.165, 1.54) is 42.0 Å². The predicted molar refractivity (Wildman–Crippen MR) is 96.3 cm³/mol. The smallest absolute Gasteiger partial charge is 0.0712 e. The Kier molecular flexibility index (Phi) is 4.72. The molecule has 0 saturated carbocycles. The lowest BCUT2D eigenvalue weighted by atomic mass is 9.91. The lowest BCUT2D eigenvalue weighted by Crippen LogP contribution is -2.02. The van der Waals surface area contributed by atoms with Gasteiger partial charge in [-0.2, -0.15) is 0 Å². The van der Waals surface area contributed by atoms with Gasteiger partial charge in [0.1, 0.15) is 0 Å². The van der Waals surface area contributed by atoms with Crippen LogP contribution in [0.25, 0.3) is 21.8 Å². The summed E-state index contributed by atoms with van der Waals surface area (Å²) in [5.74, 6) is 0.723. The van der Waals surface area contributed by atoms with Crippen LogP contribution in [0.15, 0.2) is 48.5 Å². The van der Waals surface area contributed by atoms with Gasteiger partial charge in [0.05, 0.1) is 11.0 Å². The van der Waals surface area contributed by atoms with Gasteiger partial charge in [0.25, 0.3) is 0 Å². The normalized spacial score (nSPS) is 12.8. The second kappa shape index (κ2) is 6.91. The summed E-state index contributed by atoms with van der Waals surface area (Å²) in [6, 6.07) is 17.1. The summed E-state index contributed by atoms with van der Waals surface area (Å²) in [7, 11) is 0. The molecule has 114 valence electrons. The number of para-hydroxylation sites is 2. The molecule has 0 N–H and O–H groups in total. The molecule has 0 spiro atoms. The van der Waals surface area contributed by atoms with Crippen LogP contribution in [0.1, 0.15) is 45.1 Å². The van der Waals surface area contributed by atoms with Gasteiger partial charge in [0.2, 0.25) is 0 Å². The van der Waals surface area contributed by atoms with Gasteiger partial charge in [0.15, 0.2) is 0 Å². The monoisotopic (exact) mass is 291 g/mol. The molecule has 0 bridgehead atoms. The lowest BCUT2D eigenvalue weighted by molar-refractivity contribution is 0.495. The number of pyridine rings is 1. The van der Waals surface area contributed by atoms with Crippen molar-refractivity contribution >= 4 is 21.8 Å². The van der Waals surface area contributed by atoms with E-state index in [1.807, 2.05) is 0 Å². The summed E-state index contributed by atoms with van der Waals surface area (Å²) < 4.78 is 0. The molecular weight excluding hydrogens is 266 g/mol. The zero-order chi connectivity index (χ0) is 15.4. The number of benzene rings is 2. The molecule has 22 heavy (non-hydrogen) atoms. The first kappa shape index (κ1) is 15.0. The average molecular weight is 291 g/mol. The minimum atomic E-state index is 0.723. The van der Waals surface area contributed by atoms with Gasteiger partial charge in [-0.05, 0) is 30.0 Å². The van der Waals surface area contributed by atoms with Crippen molar-refractivity contribution in [3.8, 4) is 0 Å². The van der Waals surface area contributed by atoms with Crippen LogP contribution < -0.4 is 0 Å². The van der Waals surface area contributed by atoms with Gasteiger partial charge in [-0.1, -0.05) is 75.9 Å². The topological polar surface area (TPSA) is 12.9 Å². The maximum Gasteiger partial charge on any atom is 0.0712 e. The van der Waals surface area contributed by atoms with Gasteiger partial charge >= 0.3 is 0 Å². The van der Waals surface area contributed by atoms with Crippen molar-refractivity contribution in [2.24, 2.45) is 5.92 Å². The third-order valence-electron chi connectivity index (χ3n) is 4.55. The fourth-order valence-corrected chi connectivity index (χ4v) is 3.34. The van der Waals surface area contributed by atoms with Crippen molar-refractivity contribution in [2.45, 2.75) is 46.0 Å². The standard InChI is InChI=1S/C21H25N/c1-3-4-5-10-16(2)15-19-17-11-6-8-13-20(17)22-21-14-9-7-12-18(19)21/h6-9,11-14,16H,3-5,10,15H2,1-2H3. The average Bonchev–Trinajstić information content (AvgIpc) is 2.55. The molecule has 1 unspecified atom stereocenters. The van der Waals surface area contributed by atoms with Crippen LogP contribution in [0.5, 0.6) is 0 Å². The second-order valence-electron chi connectivity index (χ2n) is 6.43. The molecule has 2 aromatic carbocycles. The predicted octanol–water partition coefficient (Wildman–Crippen LogP) is 6.15. The molecule has 3 rings (SSSR count). The van der Waals surface area contributed by atoms with E-state index in [0.29, 0.717) is 0 Å². The van der Waals surface area contributed by atoms with Crippen LogP contribution in [-0.2, 0) is 6.42 Å². The fourth-order valence-electron chi connectivity index (χ4n) is 3.34. The molecule has 0 aliphatic rings. The fraction of sp³-hybridized carbons (Fsp3) is 0.381. The van der Waals surface area contributed by atoms with Gasteiger partial charge in [-0.15, -0.1) is 0 Å². The van der Waals surface area contributed by atoms with Crippen LogP contribution in [-0.4, -0.2) is 4.98 Å². The van der Waals surface area contributed by atoms with E-state index in [0.717, 1.165) is 23.4 Å². The highest BCUT2D eigenvalue weighted by molar-refractivity contribution is 5.97. The van der Waals surface area contributed by atoms with Crippen molar-refractivity contribution in [1.29, 1.82) is 0 Å². The molecule has 0 aliphatic carbocycles. The summed E-state index contributed by atoms with van der Waals surface area (Å²) in [6.45, 7) is 4.66. The highest BCUT2D eigenvalue weighted by atomic mass is 14.7. The van der Waals surface area contributed by atoms with Gasteiger partial charge < -0.3 is 0 Å². The number of hydrogen-bond acceptors (Lipinski definition) is 1. The van der Waals surface area contributed by atoms with Crippen molar-refractivity contribution < 1.29 is 0 Å². The number of rotatable bonds is 6. The quantitative estimate of drug-likeness (QED) is 0.392. The Morgan fingerprint density at radius 3 is 2.05 bits per heavy atom. The van der Waals surface area contributed by atoms with Crippen molar-refractivity contribution in [2.75, 3.05) is 0 Å². The van der Waals surface area contributed by atoms with Crippen LogP contribution in [0.3, 0.4) is 0 Å². The molecule has 0 amide bonds. The van der Waals surface area contributed by atoms with Crippen LogP contribution in [0.2, 0.25) is 0 Å². The van der Waals surface area contributed by atoms with E-state index in [1.54, 1.807) is 0 Å². The Morgan fingerprint density at radius 2 is 1.45 bits per heavy atom. The van der Waals surface area contributed by atoms with Gasteiger partial charge in [-0.25, -0.2) is 4.98 Å². The van der Waals surface area contributed by atoms with Crippen LogP contribution >= 0.6 is 0 Å². The van der Waals surface area contributed by atoms with Crippen molar-refractivity contribution in [3.05, 3.63) is 54.1 Å². The second-order valence-corrected chi connectivity index (χ2v) is 6.43. The number of aromatic nitrogens is 1. The van der Waals surface area contributed by atoms with Crippen LogP contribution in [0, 0.1) is 5.92 Å². The van der Waals surface area contributed by atoms with Crippen molar-refractivity contribution in [1.82, 2.24) is 4.98 Å². The van der Waals surface area contributed by atoms with Crippen molar-refractivity contribution in [3.63, 3.8) is 0 Å². The Balaban J connectivity index is 2.00. The summed E-state index contributed by atoms with van der Waals surface area (Å²) in [5, 5.41) is 2.65. The first-order valence-corrected chi connectivity index (χ1v) is 8.56. The molecule has 0 fully saturated rings. The molecule has 1 heteroatoms. The SMILES string of the molecule is CCCCCC(C)Cc1c2ccccc2nc2ccccc12. The largest absolute Gasteiger partial charge is 0.248 e. The van der Waals surface area contributed by atoms with E-state index >= 15 is 0 Å². The molecule has 0 aliphatic heterocycles. The summed E-state index contributed by atoms with van der Waals surface area (Å²) in [5.41, 5.74) is 3.72. The zero-order valence-corrected chi connectivity index (χ0v) is 13.7. The molecule has 0 saturated heterocycles. The molecule has 0 radical (unpaired) electrons. The lowest BCUT2D eigenvalue weighted by Gasteiger charge is -2.15. The molecule has 1 aromatic heterocycles. The minimum absolute atomic E-state index is 0.723. The molecule has 1 atom stereocenters. The Bertz CT molecular complexity index is 706. The highest BCUT2D eigenvalue weighted by Gasteiger charge is 2.11. The third-order valence-corrected chi connectivity index (χ3v) is 4.55. The molecular formula is C21H25N. The molecule has 3 aromatic rings. The van der Waals surface area contributed by atoms with Gasteiger partial charge in [-0.3, -0.25) is 0 Å². The number of hydrogen-bond donors (Lipinski definition) is 0. The van der Waals surface area contributed by atoms with E-state index < -0.39 is 0 Å². The Hall–Kier alpha value is -1.89. The van der Waals surface area contributed by atoms with E-state index in [2.05, 4.69) is 62.4 Å². The minimum Gasteiger partial charge on any atom is -0.248 e. The van der Waals surface area contributed by atoms with E-state index in [4.69, 9.17) is 4.98 Å². The maximum atomic E-state index is 4.82. The number of fused-ring (bicyclic) bond motifs is 2. The summed E-state index contributed by atoms with van der Waals surface area (Å²) in [4.78, 5) is 4.82. The maximum absolute atomic E-state index is 4.82. The third kappa shape index (κ3) is 3.14. The molecule has 1 heterocycles. The zero-order valence-electron chi connectivity index (χ0n) is 13.7. The summed E-state index contributed by atoms with van der Waals surface area (Å²) >= 11 is 0. The van der Waals surface area contributed by atoms with Gasteiger partial charge in [0, 0.05) is 10.8 Å². The highest BCUT2D eigenvalue weighted by Crippen LogP contribution is 2.29. The molecule has 1 nitrogen and oxygen atoms in total. The van der Waals surface area contributed by atoms with E-state index in [9.17, 15) is 0 Å². The first-order valence-electron chi connectivity index (χ1n) is 8.56.